The van der Waals surface area contributed by atoms with E-state index < -0.39 is 0 Å². The molecule has 0 fully saturated rings. The van der Waals surface area contributed by atoms with E-state index in [1.807, 2.05) is 0 Å². The highest BCUT2D eigenvalue weighted by Gasteiger charge is 2.16. The normalized spacial score (nSPS) is 10.2. The maximum Gasteiger partial charge on any atom is 0.0809 e. The Morgan fingerprint density at radius 1 is 0.692 bits per heavy atom. The third-order valence-electron chi connectivity index (χ3n) is 1.45. The lowest BCUT2D eigenvalue weighted by Gasteiger charge is -2.08. The molecular weight excluding hydrogens is 273 g/mol. The van der Waals surface area contributed by atoms with Gasteiger partial charge in [0.25, 0.3) is 0 Å². The molecule has 0 aliphatic rings. The summed E-state index contributed by atoms with van der Waals surface area (Å²) >= 11 is 29.0. The first kappa shape index (κ1) is 11.5. The molecule has 70 valence electrons. The van der Waals surface area contributed by atoms with Crippen LogP contribution in [-0.4, -0.2) is 0 Å². The van der Waals surface area contributed by atoms with Crippen molar-refractivity contribution in [2.75, 3.05) is 0 Å². The summed E-state index contributed by atoms with van der Waals surface area (Å²) in [5, 5.41) is 1.05. The molecule has 0 amide bonds. The second-order valence-electron chi connectivity index (χ2n) is 2.19. The first-order chi connectivity index (χ1) is 6.00. The molecule has 0 aliphatic carbocycles. The zero-order valence-corrected chi connectivity index (χ0v) is 9.95. The summed E-state index contributed by atoms with van der Waals surface area (Å²) in [6, 6.07) is 0. The van der Waals surface area contributed by atoms with Gasteiger partial charge in [-0.2, -0.15) is 0 Å². The van der Waals surface area contributed by atoms with Gasteiger partial charge in [-0.1, -0.05) is 70.7 Å². The summed E-state index contributed by atoms with van der Waals surface area (Å²) < 4.78 is 0. The van der Waals surface area contributed by atoms with Crippen LogP contribution in [0.15, 0.2) is 6.58 Å². The Hall–Kier alpha value is 0.410. The fourth-order valence-corrected chi connectivity index (χ4v) is 2.11. The van der Waals surface area contributed by atoms with Crippen LogP contribution in [0, 0.1) is 0 Å². The lowest BCUT2D eigenvalue weighted by atomic mass is 10.2. The van der Waals surface area contributed by atoms with Gasteiger partial charge in [-0.05, 0) is 0 Å². The van der Waals surface area contributed by atoms with Crippen LogP contribution in [0.5, 0.6) is 0 Å². The van der Waals surface area contributed by atoms with Crippen LogP contribution in [-0.2, 0) is 0 Å². The number of hydrogen-bond acceptors (Lipinski definition) is 0. The summed E-state index contributed by atoms with van der Waals surface area (Å²) in [4.78, 5) is 0. The Balaban J connectivity index is 3.66. The van der Waals surface area contributed by atoms with Crippen LogP contribution in [0.25, 0.3) is 6.08 Å². The van der Waals surface area contributed by atoms with Crippen molar-refractivity contribution in [2.24, 2.45) is 0 Å². The van der Waals surface area contributed by atoms with Crippen LogP contribution in [0.2, 0.25) is 25.1 Å². The molecule has 1 rings (SSSR count). The average molecular weight is 276 g/mol. The molecule has 0 nitrogen and oxygen atoms in total. The van der Waals surface area contributed by atoms with Crippen molar-refractivity contribution in [3.63, 3.8) is 0 Å². The Morgan fingerprint density at radius 2 is 1.00 bits per heavy atom. The van der Waals surface area contributed by atoms with E-state index in [4.69, 9.17) is 58.0 Å². The third-order valence-corrected chi connectivity index (χ3v) is 3.75. The van der Waals surface area contributed by atoms with Gasteiger partial charge in [-0.3, -0.25) is 0 Å². The monoisotopic (exact) mass is 274 g/mol. The predicted octanol–water partition coefficient (Wildman–Crippen LogP) is 5.60. The van der Waals surface area contributed by atoms with Gasteiger partial charge in [-0.25, -0.2) is 0 Å². The number of rotatable bonds is 1. The maximum absolute atomic E-state index is 5.85. The van der Waals surface area contributed by atoms with Crippen molar-refractivity contribution in [3.8, 4) is 0 Å². The van der Waals surface area contributed by atoms with Gasteiger partial charge < -0.3 is 0 Å². The van der Waals surface area contributed by atoms with Crippen LogP contribution in [0.3, 0.4) is 0 Å². The minimum atomic E-state index is 0.156. The molecule has 0 N–H and O–H groups in total. The Labute approximate surface area is 101 Å². The largest absolute Gasteiger partial charge is 0.0984 e. The fraction of sp³-hybridized carbons (Fsp3) is 0. The van der Waals surface area contributed by atoms with E-state index in [0.717, 1.165) is 0 Å². The van der Waals surface area contributed by atoms with Gasteiger partial charge in [-0.15, -0.1) is 0 Å². The fourth-order valence-electron chi connectivity index (χ4n) is 0.801. The van der Waals surface area contributed by atoms with Crippen molar-refractivity contribution in [2.45, 2.75) is 0 Å². The molecule has 1 aromatic rings. The predicted molar refractivity (Wildman–Crippen MR) is 61.6 cm³/mol. The molecule has 1 aromatic carbocycles. The highest BCUT2D eigenvalue weighted by atomic mass is 35.5. The second kappa shape index (κ2) is 4.29. The Morgan fingerprint density at radius 3 is 1.31 bits per heavy atom. The topological polar surface area (TPSA) is 0 Å². The van der Waals surface area contributed by atoms with Crippen molar-refractivity contribution in [3.05, 3.63) is 37.3 Å². The zero-order chi connectivity index (χ0) is 10.2. The van der Waals surface area contributed by atoms with E-state index in [1.54, 1.807) is 0 Å². The zero-order valence-electron chi connectivity index (χ0n) is 6.17. The third kappa shape index (κ3) is 1.93. The molecule has 0 unspecified atom stereocenters. The van der Waals surface area contributed by atoms with E-state index in [0.29, 0.717) is 5.56 Å². The average Bonchev–Trinajstić information content (AvgIpc) is 2.13. The Kier molecular flexibility index (Phi) is 3.79. The summed E-state index contributed by atoms with van der Waals surface area (Å²) in [5.74, 6) is 0. The van der Waals surface area contributed by atoms with Gasteiger partial charge >= 0.3 is 0 Å². The molecule has 0 aromatic heterocycles. The number of benzene rings is 1. The van der Waals surface area contributed by atoms with Gasteiger partial charge in [0.05, 0.1) is 25.1 Å². The highest BCUT2D eigenvalue weighted by Crippen LogP contribution is 2.44. The SMILES string of the molecule is C=Cc1c(Cl)c(Cl)c(Cl)c(Cl)c1Cl. The molecule has 0 radical (unpaired) electrons. The molecule has 0 atom stereocenters. The van der Waals surface area contributed by atoms with Crippen molar-refractivity contribution in [1.82, 2.24) is 0 Å². The first-order valence-electron chi connectivity index (χ1n) is 3.14. The molecule has 13 heavy (non-hydrogen) atoms. The lowest BCUT2D eigenvalue weighted by molar-refractivity contribution is 1.65. The smallest absolute Gasteiger partial charge is 0.0809 e. The quantitative estimate of drug-likeness (QED) is 0.463. The Bertz CT molecular complexity index is 340. The summed E-state index contributed by atoms with van der Waals surface area (Å²) in [7, 11) is 0. The van der Waals surface area contributed by atoms with Crippen LogP contribution < -0.4 is 0 Å². The van der Waals surface area contributed by atoms with Crippen LogP contribution >= 0.6 is 58.0 Å². The van der Waals surface area contributed by atoms with Crippen LogP contribution in [0.4, 0.5) is 0 Å². The van der Waals surface area contributed by atoms with Gasteiger partial charge in [0, 0.05) is 5.56 Å². The number of halogens is 5. The van der Waals surface area contributed by atoms with E-state index in [2.05, 4.69) is 6.58 Å². The molecule has 0 saturated carbocycles. The maximum atomic E-state index is 5.85. The van der Waals surface area contributed by atoms with E-state index in [-0.39, 0.29) is 25.1 Å². The van der Waals surface area contributed by atoms with Gasteiger partial charge in [0.15, 0.2) is 0 Å². The molecule has 0 aliphatic heterocycles. The minimum Gasteiger partial charge on any atom is -0.0984 e. The summed E-state index contributed by atoms with van der Waals surface area (Å²) in [6.07, 6.45) is 1.47. The minimum absolute atomic E-state index is 0.156. The van der Waals surface area contributed by atoms with E-state index in [1.165, 1.54) is 6.08 Å². The standard InChI is InChI=1S/C8H3Cl5/c1-2-3-4(9)6(11)8(13)7(12)5(3)10/h2H,1H2. The second-order valence-corrected chi connectivity index (χ2v) is 4.08. The van der Waals surface area contributed by atoms with Gasteiger partial charge in [0.2, 0.25) is 0 Å². The first-order valence-corrected chi connectivity index (χ1v) is 5.03. The van der Waals surface area contributed by atoms with Crippen molar-refractivity contribution >= 4 is 64.1 Å². The highest BCUT2D eigenvalue weighted by molar-refractivity contribution is 6.55. The molecular formula is C8H3Cl5. The molecule has 0 spiro atoms. The van der Waals surface area contributed by atoms with E-state index >= 15 is 0 Å². The van der Waals surface area contributed by atoms with Gasteiger partial charge in [0.1, 0.15) is 0 Å². The molecule has 0 saturated heterocycles. The van der Waals surface area contributed by atoms with Crippen molar-refractivity contribution < 1.29 is 0 Å². The molecule has 0 heterocycles. The molecule has 0 bridgehead atoms. The number of hydrogen-bond donors (Lipinski definition) is 0. The van der Waals surface area contributed by atoms with Crippen molar-refractivity contribution in [1.29, 1.82) is 0 Å². The summed E-state index contributed by atoms with van der Waals surface area (Å²) in [6.45, 7) is 3.54. The lowest BCUT2D eigenvalue weighted by Crippen LogP contribution is -1.83. The van der Waals surface area contributed by atoms with E-state index in [9.17, 15) is 0 Å². The summed E-state index contributed by atoms with van der Waals surface area (Å²) in [5.41, 5.74) is 0.489. The van der Waals surface area contributed by atoms with Crippen LogP contribution in [0.1, 0.15) is 5.56 Å². The molecule has 5 heteroatoms.